The highest BCUT2D eigenvalue weighted by Gasteiger charge is 2.24. The second kappa shape index (κ2) is 11.3. The molecule has 27 heavy (non-hydrogen) atoms. The van der Waals surface area contributed by atoms with Gasteiger partial charge in [-0.05, 0) is 36.8 Å². The van der Waals surface area contributed by atoms with E-state index in [-0.39, 0.29) is 17.6 Å². The van der Waals surface area contributed by atoms with E-state index in [0.29, 0.717) is 19.3 Å². The molecule has 0 fully saturated rings. The Hall–Kier alpha value is -2.42. The number of nitrogens with one attached hydrogen (secondary N) is 1. The molecule has 0 saturated carbocycles. The van der Waals surface area contributed by atoms with Gasteiger partial charge in [-0.15, -0.1) is 0 Å². The summed E-state index contributed by atoms with van der Waals surface area (Å²) in [6.07, 6.45) is 4.36. The van der Waals surface area contributed by atoms with Gasteiger partial charge in [-0.3, -0.25) is 9.59 Å². The van der Waals surface area contributed by atoms with Crippen molar-refractivity contribution in [1.29, 1.82) is 0 Å². The first-order valence-corrected chi connectivity index (χ1v) is 10.0. The summed E-state index contributed by atoms with van der Waals surface area (Å²) in [5.74, 6) is -0.0135. The fraction of sp³-hybridized carbons (Fsp3) is 0.417. The van der Waals surface area contributed by atoms with E-state index >= 15 is 0 Å². The molecule has 2 atom stereocenters. The highest BCUT2D eigenvalue weighted by atomic mass is 16.2. The number of carbonyl (C=O) groups is 2. The van der Waals surface area contributed by atoms with Gasteiger partial charge in [0.15, 0.2) is 5.78 Å². The van der Waals surface area contributed by atoms with Crippen LogP contribution in [0.5, 0.6) is 0 Å². The van der Waals surface area contributed by atoms with E-state index in [0.717, 1.165) is 30.4 Å². The van der Waals surface area contributed by atoms with Crippen LogP contribution >= 0.6 is 0 Å². The largest absolute Gasteiger partial charge is 0.346 e. The molecule has 0 heterocycles. The summed E-state index contributed by atoms with van der Waals surface area (Å²) in [7, 11) is 0. The van der Waals surface area contributed by atoms with Gasteiger partial charge in [0.25, 0.3) is 0 Å². The fourth-order valence-electron chi connectivity index (χ4n) is 3.23. The molecule has 0 unspecified atom stereocenters. The zero-order valence-corrected chi connectivity index (χ0v) is 16.5. The molecule has 0 aliphatic carbocycles. The van der Waals surface area contributed by atoms with Crippen LogP contribution in [0, 0.1) is 5.92 Å². The molecule has 0 spiro atoms. The number of ketones is 1. The van der Waals surface area contributed by atoms with Gasteiger partial charge in [0.1, 0.15) is 0 Å². The third-order valence-electron chi connectivity index (χ3n) is 4.95. The lowest BCUT2D eigenvalue weighted by molar-refractivity contribution is -0.130. The SMILES string of the molecule is CCCCC(=O)[C@H](Cc1ccccc1)NC(=O)[C@@H](CC)Cc1ccccc1. The monoisotopic (exact) mass is 365 g/mol. The summed E-state index contributed by atoms with van der Waals surface area (Å²) in [6.45, 7) is 4.10. The first-order valence-electron chi connectivity index (χ1n) is 10.0. The molecule has 3 heteroatoms. The average molecular weight is 366 g/mol. The van der Waals surface area contributed by atoms with Crippen LogP contribution in [0.4, 0.5) is 0 Å². The topological polar surface area (TPSA) is 46.2 Å². The number of rotatable bonds is 11. The molecule has 0 radical (unpaired) electrons. The van der Waals surface area contributed by atoms with Gasteiger partial charge in [-0.2, -0.15) is 0 Å². The van der Waals surface area contributed by atoms with Crippen molar-refractivity contribution in [2.75, 3.05) is 0 Å². The van der Waals surface area contributed by atoms with Gasteiger partial charge >= 0.3 is 0 Å². The number of carbonyl (C=O) groups excluding carboxylic acids is 2. The minimum atomic E-state index is -0.448. The quantitative estimate of drug-likeness (QED) is 0.625. The Bertz CT molecular complexity index is 697. The zero-order valence-electron chi connectivity index (χ0n) is 16.5. The number of hydrogen-bond donors (Lipinski definition) is 1. The Labute approximate surface area is 163 Å². The molecule has 0 bridgehead atoms. The van der Waals surface area contributed by atoms with E-state index < -0.39 is 6.04 Å². The maximum absolute atomic E-state index is 12.9. The van der Waals surface area contributed by atoms with Crippen molar-refractivity contribution in [3.05, 3.63) is 71.8 Å². The van der Waals surface area contributed by atoms with Crippen molar-refractivity contribution in [1.82, 2.24) is 5.32 Å². The minimum Gasteiger partial charge on any atom is -0.346 e. The summed E-state index contributed by atoms with van der Waals surface area (Å²) in [5, 5.41) is 3.06. The van der Waals surface area contributed by atoms with Crippen LogP contribution in [0.1, 0.15) is 50.7 Å². The Balaban J connectivity index is 2.06. The predicted molar refractivity (Wildman–Crippen MR) is 111 cm³/mol. The van der Waals surface area contributed by atoms with Crippen molar-refractivity contribution < 1.29 is 9.59 Å². The molecule has 0 aliphatic rings. The number of unbranched alkanes of at least 4 members (excludes halogenated alkanes) is 1. The van der Waals surface area contributed by atoms with Gasteiger partial charge in [-0.1, -0.05) is 80.9 Å². The molecule has 2 aromatic rings. The van der Waals surface area contributed by atoms with Crippen molar-refractivity contribution in [2.45, 2.75) is 58.4 Å². The molecule has 0 aromatic heterocycles. The van der Waals surface area contributed by atoms with Crippen LogP contribution in [0.25, 0.3) is 0 Å². The minimum absolute atomic E-state index is 0.0212. The average Bonchev–Trinajstić information content (AvgIpc) is 2.71. The summed E-state index contributed by atoms with van der Waals surface area (Å²) < 4.78 is 0. The number of amides is 1. The lowest BCUT2D eigenvalue weighted by atomic mass is 9.94. The van der Waals surface area contributed by atoms with Gasteiger partial charge in [-0.25, -0.2) is 0 Å². The highest BCUT2D eigenvalue weighted by molar-refractivity contribution is 5.90. The van der Waals surface area contributed by atoms with E-state index in [4.69, 9.17) is 0 Å². The standard InChI is InChI=1S/C24H31NO2/c1-3-5-16-23(26)22(18-20-14-10-7-11-15-20)25-24(27)21(4-2)17-19-12-8-6-9-13-19/h6-15,21-22H,3-5,16-18H2,1-2H3,(H,25,27)/t21-,22-/m0/s1. The van der Waals surface area contributed by atoms with E-state index in [9.17, 15) is 9.59 Å². The Morgan fingerprint density at radius 2 is 1.41 bits per heavy atom. The summed E-state index contributed by atoms with van der Waals surface area (Å²) in [5.41, 5.74) is 2.22. The molecule has 1 N–H and O–H groups in total. The molecule has 3 nitrogen and oxygen atoms in total. The first-order chi connectivity index (χ1) is 13.1. The van der Waals surface area contributed by atoms with Crippen LogP contribution in [-0.2, 0) is 22.4 Å². The number of Topliss-reactive ketones (excluding diaryl/α,β-unsaturated/α-hetero) is 1. The molecule has 2 aromatic carbocycles. The zero-order chi connectivity index (χ0) is 19.5. The van der Waals surface area contributed by atoms with Gasteiger partial charge in [0.2, 0.25) is 5.91 Å². The molecule has 0 aliphatic heterocycles. The van der Waals surface area contributed by atoms with E-state index in [1.54, 1.807) is 0 Å². The fourth-order valence-corrected chi connectivity index (χ4v) is 3.23. The van der Waals surface area contributed by atoms with Crippen LogP contribution in [0.3, 0.4) is 0 Å². The number of benzene rings is 2. The number of hydrogen-bond acceptors (Lipinski definition) is 2. The lowest BCUT2D eigenvalue weighted by Crippen LogP contribution is -2.45. The van der Waals surface area contributed by atoms with Crippen molar-refractivity contribution in [3.63, 3.8) is 0 Å². The molecular weight excluding hydrogens is 334 g/mol. The predicted octanol–water partition coefficient (Wildman–Crippen LogP) is 4.74. The third-order valence-corrected chi connectivity index (χ3v) is 4.95. The van der Waals surface area contributed by atoms with E-state index in [1.165, 1.54) is 0 Å². The van der Waals surface area contributed by atoms with Gasteiger partial charge < -0.3 is 5.32 Å². The summed E-state index contributed by atoms with van der Waals surface area (Å²) in [4.78, 5) is 25.6. The van der Waals surface area contributed by atoms with E-state index in [1.807, 2.05) is 67.6 Å². The van der Waals surface area contributed by atoms with Crippen molar-refractivity contribution >= 4 is 11.7 Å². The third kappa shape index (κ3) is 7.01. The van der Waals surface area contributed by atoms with Crippen LogP contribution in [-0.4, -0.2) is 17.7 Å². The smallest absolute Gasteiger partial charge is 0.224 e. The maximum atomic E-state index is 12.9. The highest BCUT2D eigenvalue weighted by Crippen LogP contribution is 2.14. The second-order valence-corrected chi connectivity index (χ2v) is 7.12. The Morgan fingerprint density at radius 3 is 1.93 bits per heavy atom. The molecule has 1 amide bonds. The van der Waals surface area contributed by atoms with E-state index in [2.05, 4.69) is 12.2 Å². The molecular formula is C24H31NO2. The Kier molecular flexibility index (Phi) is 8.76. The van der Waals surface area contributed by atoms with Crippen LogP contribution in [0.15, 0.2) is 60.7 Å². The summed E-state index contributed by atoms with van der Waals surface area (Å²) >= 11 is 0. The van der Waals surface area contributed by atoms with Gasteiger partial charge in [0, 0.05) is 12.3 Å². The van der Waals surface area contributed by atoms with Crippen LogP contribution < -0.4 is 5.32 Å². The van der Waals surface area contributed by atoms with Crippen molar-refractivity contribution in [2.24, 2.45) is 5.92 Å². The lowest BCUT2D eigenvalue weighted by Gasteiger charge is -2.22. The maximum Gasteiger partial charge on any atom is 0.224 e. The molecule has 144 valence electrons. The van der Waals surface area contributed by atoms with Crippen molar-refractivity contribution in [3.8, 4) is 0 Å². The molecule has 0 saturated heterocycles. The van der Waals surface area contributed by atoms with Crippen LogP contribution in [0.2, 0.25) is 0 Å². The van der Waals surface area contributed by atoms with Gasteiger partial charge in [0.05, 0.1) is 6.04 Å². The first kappa shape index (κ1) is 20.9. The Morgan fingerprint density at radius 1 is 0.852 bits per heavy atom. The normalized spacial score (nSPS) is 13.0. The second-order valence-electron chi connectivity index (χ2n) is 7.12. The summed E-state index contributed by atoms with van der Waals surface area (Å²) in [6, 6.07) is 19.5. The molecule has 2 rings (SSSR count).